The fourth-order valence-electron chi connectivity index (χ4n) is 2.67. The van der Waals surface area contributed by atoms with Gasteiger partial charge in [-0.2, -0.15) is 11.8 Å². The fourth-order valence-corrected chi connectivity index (χ4v) is 3.14. The molecule has 30 heavy (non-hydrogen) atoms. The molecule has 0 saturated carbocycles. The summed E-state index contributed by atoms with van der Waals surface area (Å²) in [5.74, 6) is -1.00. The van der Waals surface area contributed by atoms with E-state index in [1.165, 1.54) is 6.92 Å². The van der Waals surface area contributed by atoms with Crippen molar-refractivity contribution in [3.8, 4) is 0 Å². The third-order valence-corrected chi connectivity index (χ3v) is 5.01. The maximum Gasteiger partial charge on any atom is 0.243 e. The molecule has 8 nitrogen and oxygen atoms in total. The van der Waals surface area contributed by atoms with Gasteiger partial charge in [0.2, 0.25) is 17.7 Å². The van der Waals surface area contributed by atoms with Crippen molar-refractivity contribution in [2.75, 3.05) is 12.0 Å². The molecule has 3 amide bonds. The lowest BCUT2D eigenvalue weighted by Gasteiger charge is -2.22. The zero-order chi connectivity index (χ0) is 22.5. The number of hydrogen-bond acceptors (Lipinski definition) is 6. The molecule has 4 N–H and O–H groups in total. The molecule has 9 heteroatoms. The van der Waals surface area contributed by atoms with Crippen molar-refractivity contribution in [2.45, 2.75) is 51.7 Å². The molecule has 1 aromatic rings. The molecule has 0 unspecified atom stereocenters. The van der Waals surface area contributed by atoms with Gasteiger partial charge >= 0.3 is 0 Å². The van der Waals surface area contributed by atoms with Gasteiger partial charge in [0.1, 0.15) is 12.1 Å². The summed E-state index contributed by atoms with van der Waals surface area (Å²) < 4.78 is 0. The molecule has 0 aromatic heterocycles. The van der Waals surface area contributed by atoms with Gasteiger partial charge in [-0.05, 0) is 37.3 Å². The summed E-state index contributed by atoms with van der Waals surface area (Å²) in [5.41, 5.74) is 2.01. The van der Waals surface area contributed by atoms with Crippen LogP contribution < -0.4 is 16.0 Å². The number of carbonyl (C=O) groups is 4. The van der Waals surface area contributed by atoms with Gasteiger partial charge in [-0.25, -0.2) is 0 Å². The average molecular weight is 435 g/mol. The second-order valence-corrected chi connectivity index (χ2v) is 7.93. The van der Waals surface area contributed by atoms with Crippen LogP contribution in [0.3, 0.4) is 0 Å². The first-order valence-corrected chi connectivity index (χ1v) is 11.1. The molecule has 1 rings (SSSR count). The van der Waals surface area contributed by atoms with E-state index in [9.17, 15) is 19.2 Å². The molecule has 0 heterocycles. The summed E-state index contributed by atoms with van der Waals surface area (Å²) in [6.45, 7) is 3.58. The topological polar surface area (TPSA) is 128 Å². The molecule has 0 bridgehead atoms. The van der Waals surface area contributed by atoms with Crippen molar-refractivity contribution in [3.05, 3.63) is 35.4 Å². The van der Waals surface area contributed by atoms with Crippen molar-refractivity contribution >= 4 is 41.5 Å². The fraction of sp³-hybridized carbons (Fsp3) is 0.476. The summed E-state index contributed by atoms with van der Waals surface area (Å²) in [5, 5.41) is 15.0. The minimum absolute atomic E-state index is 0.0397. The number of hydrogen-bond donors (Lipinski definition) is 4. The van der Waals surface area contributed by atoms with Crippen LogP contribution in [0.1, 0.15) is 37.3 Å². The number of Topliss-reactive ketones (excluding diaryl/α,β-unsaturated/α-hetero) is 1. The Bertz CT molecular complexity index is 752. The van der Waals surface area contributed by atoms with E-state index in [4.69, 9.17) is 5.41 Å². The van der Waals surface area contributed by atoms with Gasteiger partial charge in [0.05, 0.1) is 6.21 Å². The third-order valence-electron chi connectivity index (χ3n) is 4.37. The SMILES string of the molecule is CSCC[C@H](NC(C)=O)C(=O)N[C@@H](CCC(=O)C=N)C(=O)NCc1ccc(C)cc1. The molecule has 0 aliphatic rings. The zero-order valence-corrected chi connectivity index (χ0v) is 18.4. The lowest BCUT2D eigenvalue weighted by atomic mass is 10.1. The molecule has 164 valence electrons. The molecule has 0 spiro atoms. The van der Waals surface area contributed by atoms with Gasteiger partial charge < -0.3 is 21.4 Å². The lowest BCUT2D eigenvalue weighted by Crippen LogP contribution is -2.53. The first kappa shape index (κ1) is 25.4. The molecular formula is C21H30N4O4S. The van der Waals surface area contributed by atoms with E-state index in [1.54, 1.807) is 11.8 Å². The number of nitrogens with one attached hydrogen (secondary N) is 4. The monoisotopic (exact) mass is 434 g/mol. The lowest BCUT2D eigenvalue weighted by molar-refractivity contribution is -0.132. The van der Waals surface area contributed by atoms with E-state index < -0.39 is 29.7 Å². The minimum atomic E-state index is -0.947. The van der Waals surface area contributed by atoms with Crippen LogP contribution in [-0.4, -0.2) is 53.8 Å². The van der Waals surface area contributed by atoms with E-state index >= 15 is 0 Å². The van der Waals surface area contributed by atoms with E-state index in [0.29, 0.717) is 18.4 Å². The summed E-state index contributed by atoms with van der Waals surface area (Å²) in [7, 11) is 0. The molecular weight excluding hydrogens is 404 g/mol. The maximum absolute atomic E-state index is 12.7. The zero-order valence-electron chi connectivity index (χ0n) is 17.6. The van der Waals surface area contributed by atoms with Crippen LogP contribution in [0, 0.1) is 12.3 Å². The largest absolute Gasteiger partial charge is 0.350 e. The van der Waals surface area contributed by atoms with Gasteiger partial charge in [0.25, 0.3) is 0 Å². The van der Waals surface area contributed by atoms with Crippen molar-refractivity contribution < 1.29 is 19.2 Å². The molecule has 2 atom stereocenters. The second-order valence-electron chi connectivity index (χ2n) is 6.95. The number of rotatable bonds is 13. The van der Waals surface area contributed by atoms with Crippen LogP contribution in [-0.2, 0) is 25.7 Å². The van der Waals surface area contributed by atoms with E-state index in [1.807, 2.05) is 37.4 Å². The number of amides is 3. The summed E-state index contributed by atoms with van der Waals surface area (Å²) >= 11 is 1.54. The van der Waals surface area contributed by atoms with Crippen LogP contribution in [0.25, 0.3) is 0 Å². The second kappa shape index (κ2) is 13.5. The smallest absolute Gasteiger partial charge is 0.243 e. The minimum Gasteiger partial charge on any atom is -0.350 e. The van der Waals surface area contributed by atoms with Gasteiger partial charge in [0, 0.05) is 19.9 Å². The number of aryl methyl sites for hydroxylation is 1. The van der Waals surface area contributed by atoms with Crippen molar-refractivity contribution in [2.24, 2.45) is 0 Å². The standard InChI is InChI=1S/C21H30N4O4S/c1-14-4-6-16(7-5-14)13-23-20(28)18(9-8-17(27)12-22)25-21(29)19(10-11-30-3)24-15(2)26/h4-7,12,18-19,22H,8-11,13H2,1-3H3,(H,23,28)(H,24,26)(H,25,29)/t18-,19-/m0/s1. The van der Waals surface area contributed by atoms with Gasteiger partial charge in [-0.15, -0.1) is 0 Å². The number of thioether (sulfide) groups is 1. The first-order valence-electron chi connectivity index (χ1n) is 9.69. The van der Waals surface area contributed by atoms with Gasteiger partial charge in [0.15, 0.2) is 5.78 Å². The highest BCUT2D eigenvalue weighted by Gasteiger charge is 2.26. The van der Waals surface area contributed by atoms with E-state index in [2.05, 4.69) is 16.0 Å². The Balaban J connectivity index is 2.82. The highest BCUT2D eigenvalue weighted by molar-refractivity contribution is 7.98. The number of carbonyl (C=O) groups excluding carboxylic acids is 4. The van der Waals surface area contributed by atoms with E-state index in [-0.39, 0.29) is 25.3 Å². The Morgan fingerprint density at radius 1 is 1.03 bits per heavy atom. The van der Waals surface area contributed by atoms with Gasteiger partial charge in [-0.1, -0.05) is 29.8 Å². The summed E-state index contributed by atoms with van der Waals surface area (Å²) in [6, 6.07) is 5.97. The van der Waals surface area contributed by atoms with Crippen molar-refractivity contribution in [1.82, 2.24) is 16.0 Å². The van der Waals surface area contributed by atoms with E-state index in [0.717, 1.165) is 11.1 Å². The Labute approximate surface area is 181 Å². The van der Waals surface area contributed by atoms with Crippen molar-refractivity contribution in [1.29, 1.82) is 5.41 Å². The highest BCUT2D eigenvalue weighted by atomic mass is 32.2. The Morgan fingerprint density at radius 3 is 2.23 bits per heavy atom. The predicted octanol–water partition coefficient (Wildman–Crippen LogP) is 1.35. The maximum atomic E-state index is 12.7. The molecule has 1 aromatic carbocycles. The molecule has 0 aliphatic heterocycles. The van der Waals surface area contributed by atoms with Gasteiger partial charge in [-0.3, -0.25) is 19.2 Å². The Hall–Kier alpha value is -2.68. The Kier molecular flexibility index (Phi) is 11.4. The number of ketones is 1. The third kappa shape index (κ3) is 9.69. The van der Waals surface area contributed by atoms with Crippen LogP contribution in [0.2, 0.25) is 0 Å². The van der Waals surface area contributed by atoms with Crippen LogP contribution >= 0.6 is 11.8 Å². The van der Waals surface area contributed by atoms with Crippen LogP contribution in [0.4, 0.5) is 0 Å². The Morgan fingerprint density at radius 2 is 1.67 bits per heavy atom. The molecule has 0 aliphatic carbocycles. The number of benzene rings is 1. The molecule has 0 radical (unpaired) electrons. The first-order chi connectivity index (χ1) is 14.3. The normalized spacial score (nSPS) is 12.4. The van der Waals surface area contributed by atoms with Crippen LogP contribution in [0.5, 0.6) is 0 Å². The van der Waals surface area contributed by atoms with Crippen molar-refractivity contribution in [3.63, 3.8) is 0 Å². The van der Waals surface area contributed by atoms with Crippen LogP contribution in [0.15, 0.2) is 24.3 Å². The quantitative estimate of drug-likeness (QED) is 0.349. The summed E-state index contributed by atoms with van der Waals surface area (Å²) in [4.78, 5) is 48.3. The summed E-state index contributed by atoms with van der Waals surface area (Å²) in [6.07, 6.45) is 3.04. The highest BCUT2D eigenvalue weighted by Crippen LogP contribution is 2.06. The molecule has 0 saturated heterocycles. The molecule has 0 fully saturated rings. The average Bonchev–Trinajstić information content (AvgIpc) is 2.72. The predicted molar refractivity (Wildman–Crippen MR) is 119 cm³/mol.